The van der Waals surface area contributed by atoms with Crippen molar-refractivity contribution >= 4 is 11.7 Å². The van der Waals surface area contributed by atoms with Crippen molar-refractivity contribution in [3.8, 4) is 5.75 Å². The third kappa shape index (κ3) is 2.29. The van der Waals surface area contributed by atoms with Crippen LogP contribution in [0.2, 0.25) is 0 Å². The number of carbonyl (C=O) groups excluding carboxylic acids is 2. The van der Waals surface area contributed by atoms with E-state index in [1.54, 1.807) is 36.4 Å². The normalized spacial score (nSPS) is 23.7. The van der Waals surface area contributed by atoms with Gasteiger partial charge in [0.15, 0.2) is 5.82 Å². The van der Waals surface area contributed by atoms with Gasteiger partial charge in [0, 0.05) is 16.7 Å². The number of fused-ring (bicyclic) bond motifs is 5. The molecule has 0 spiro atoms. The number of aliphatic hydroxyl groups is 1. The molecule has 1 aliphatic carbocycles. The molecule has 1 aliphatic heterocycles. The third-order valence-electron chi connectivity index (χ3n) is 5.76. The van der Waals surface area contributed by atoms with Gasteiger partial charge in [0.2, 0.25) is 17.2 Å². The molecule has 0 saturated heterocycles. The first kappa shape index (κ1) is 18.4. The van der Waals surface area contributed by atoms with E-state index in [2.05, 4.69) is 25.9 Å². The van der Waals surface area contributed by atoms with Crippen molar-refractivity contribution in [1.82, 2.24) is 25.9 Å². The molecule has 9 heteroatoms. The topological polar surface area (TPSA) is 130 Å². The number of amides is 1. The van der Waals surface area contributed by atoms with Gasteiger partial charge in [0.25, 0.3) is 5.79 Å². The van der Waals surface area contributed by atoms with Crippen LogP contribution >= 0.6 is 0 Å². The van der Waals surface area contributed by atoms with E-state index >= 15 is 0 Å². The van der Waals surface area contributed by atoms with Crippen LogP contribution in [0.25, 0.3) is 0 Å². The molecule has 2 aromatic carbocycles. The monoisotopic (exact) mass is 405 g/mol. The number of rotatable bonds is 4. The van der Waals surface area contributed by atoms with E-state index in [4.69, 9.17) is 4.74 Å². The Kier molecular flexibility index (Phi) is 3.81. The van der Waals surface area contributed by atoms with Gasteiger partial charge in [-0.15, -0.1) is 5.10 Å². The SMILES string of the molecule is CC(C)c1ccc2c(c1)OC1(O)c3ccccc3C(=O)C21NC(=O)Cc1nnn[nH]1. The van der Waals surface area contributed by atoms with Crippen LogP contribution in [0.3, 0.4) is 0 Å². The molecule has 0 fully saturated rings. The number of hydrogen-bond acceptors (Lipinski definition) is 7. The Bertz CT molecular complexity index is 1180. The molecule has 2 heterocycles. The van der Waals surface area contributed by atoms with Crippen molar-refractivity contribution in [3.05, 3.63) is 70.5 Å². The fourth-order valence-corrected chi connectivity index (χ4v) is 4.29. The van der Waals surface area contributed by atoms with Gasteiger partial charge in [-0.3, -0.25) is 9.59 Å². The average Bonchev–Trinajstić information content (AvgIpc) is 3.36. The summed E-state index contributed by atoms with van der Waals surface area (Å²) in [6, 6.07) is 12.1. The molecule has 0 saturated carbocycles. The van der Waals surface area contributed by atoms with E-state index in [0.29, 0.717) is 22.4 Å². The van der Waals surface area contributed by atoms with Crippen LogP contribution in [0.5, 0.6) is 5.75 Å². The zero-order chi connectivity index (χ0) is 21.1. The lowest BCUT2D eigenvalue weighted by atomic mass is 9.82. The second-order valence-electron chi connectivity index (χ2n) is 7.85. The predicted octanol–water partition coefficient (Wildman–Crippen LogP) is 1.31. The molecule has 2 atom stereocenters. The number of benzene rings is 2. The summed E-state index contributed by atoms with van der Waals surface area (Å²) < 4.78 is 6.02. The highest BCUT2D eigenvalue weighted by molar-refractivity contribution is 6.12. The number of carbonyl (C=O) groups is 2. The molecule has 9 nitrogen and oxygen atoms in total. The lowest BCUT2D eigenvalue weighted by Gasteiger charge is -2.34. The quantitative estimate of drug-likeness (QED) is 0.597. The van der Waals surface area contributed by atoms with Gasteiger partial charge in [-0.25, -0.2) is 5.10 Å². The summed E-state index contributed by atoms with van der Waals surface area (Å²) in [5, 5.41) is 27.6. The Morgan fingerprint density at radius 2 is 2.03 bits per heavy atom. The molecule has 2 aliphatic rings. The first-order chi connectivity index (χ1) is 14.4. The molecule has 3 N–H and O–H groups in total. The van der Waals surface area contributed by atoms with Gasteiger partial charge >= 0.3 is 0 Å². The average molecular weight is 405 g/mol. The highest BCUT2D eigenvalue weighted by atomic mass is 16.6. The predicted molar refractivity (Wildman–Crippen MR) is 104 cm³/mol. The van der Waals surface area contributed by atoms with Gasteiger partial charge < -0.3 is 15.2 Å². The summed E-state index contributed by atoms with van der Waals surface area (Å²) >= 11 is 0. The minimum Gasteiger partial charge on any atom is -0.454 e. The Labute approximate surface area is 171 Å². The van der Waals surface area contributed by atoms with E-state index in [1.807, 2.05) is 19.9 Å². The fourth-order valence-electron chi connectivity index (χ4n) is 4.29. The number of H-pyrrole nitrogens is 1. The molecule has 30 heavy (non-hydrogen) atoms. The van der Waals surface area contributed by atoms with Gasteiger partial charge in [0.05, 0.1) is 6.42 Å². The minimum absolute atomic E-state index is 0.187. The number of ether oxygens (including phenoxy) is 1. The zero-order valence-electron chi connectivity index (χ0n) is 16.3. The number of ketones is 1. The summed E-state index contributed by atoms with van der Waals surface area (Å²) in [4.78, 5) is 26.5. The highest BCUT2D eigenvalue weighted by Crippen LogP contribution is 2.58. The Balaban J connectivity index is 1.66. The molecule has 3 aromatic rings. The van der Waals surface area contributed by atoms with Gasteiger partial charge in [0.1, 0.15) is 5.75 Å². The second kappa shape index (κ2) is 6.20. The van der Waals surface area contributed by atoms with E-state index < -0.39 is 23.0 Å². The van der Waals surface area contributed by atoms with Crippen LogP contribution in [-0.2, 0) is 22.5 Å². The molecule has 0 radical (unpaired) electrons. The molecular formula is C21H19N5O4. The number of Topliss-reactive ketones (excluding diaryl/α,β-unsaturated/α-hetero) is 1. The summed E-state index contributed by atoms with van der Waals surface area (Å²) in [6.07, 6.45) is -0.187. The second-order valence-corrected chi connectivity index (χ2v) is 7.85. The summed E-state index contributed by atoms with van der Waals surface area (Å²) in [6.45, 7) is 4.07. The van der Waals surface area contributed by atoms with Crippen LogP contribution in [0.4, 0.5) is 0 Å². The van der Waals surface area contributed by atoms with Gasteiger partial charge in [-0.1, -0.05) is 50.2 Å². The van der Waals surface area contributed by atoms with Crippen LogP contribution < -0.4 is 10.1 Å². The fraction of sp³-hybridized carbons (Fsp3) is 0.286. The van der Waals surface area contributed by atoms with E-state index in [1.165, 1.54) is 0 Å². The first-order valence-electron chi connectivity index (χ1n) is 9.60. The number of nitrogens with one attached hydrogen (secondary N) is 2. The van der Waals surface area contributed by atoms with Crippen LogP contribution in [-0.4, -0.2) is 37.4 Å². The maximum atomic E-state index is 13.6. The van der Waals surface area contributed by atoms with E-state index in [9.17, 15) is 14.7 Å². The molecule has 152 valence electrons. The minimum atomic E-state index is -2.06. The Morgan fingerprint density at radius 1 is 1.23 bits per heavy atom. The molecular weight excluding hydrogens is 386 g/mol. The highest BCUT2D eigenvalue weighted by Gasteiger charge is 2.71. The molecule has 2 unspecified atom stereocenters. The van der Waals surface area contributed by atoms with Crippen LogP contribution in [0.1, 0.15) is 52.6 Å². The summed E-state index contributed by atoms with van der Waals surface area (Å²) in [7, 11) is 0. The van der Waals surface area contributed by atoms with Crippen molar-refractivity contribution in [2.75, 3.05) is 0 Å². The standard InChI is InChI=1S/C21H19N5O4/c1-11(2)12-7-8-15-16(9-12)30-21(29)14-6-4-3-5-13(14)19(28)20(15,21)22-18(27)10-17-23-25-26-24-17/h3-9,11,29H,10H2,1-2H3,(H,22,27)(H,23,24,25,26). The van der Waals surface area contributed by atoms with Crippen molar-refractivity contribution in [1.29, 1.82) is 0 Å². The molecule has 5 rings (SSSR count). The lowest BCUT2D eigenvalue weighted by molar-refractivity contribution is -0.175. The number of aromatic nitrogens is 4. The van der Waals surface area contributed by atoms with Crippen molar-refractivity contribution in [2.24, 2.45) is 0 Å². The lowest BCUT2D eigenvalue weighted by Crippen LogP contribution is -2.60. The van der Waals surface area contributed by atoms with Gasteiger partial charge in [-0.05, 0) is 28.0 Å². The molecule has 1 aromatic heterocycles. The van der Waals surface area contributed by atoms with Gasteiger partial charge in [-0.2, -0.15) is 0 Å². The van der Waals surface area contributed by atoms with Crippen molar-refractivity contribution in [3.63, 3.8) is 0 Å². The summed E-state index contributed by atoms with van der Waals surface area (Å²) in [5.41, 5.74) is 0.234. The zero-order valence-corrected chi connectivity index (χ0v) is 16.3. The smallest absolute Gasteiger partial charge is 0.271 e. The first-order valence-corrected chi connectivity index (χ1v) is 9.60. The van der Waals surface area contributed by atoms with Crippen LogP contribution in [0.15, 0.2) is 42.5 Å². The third-order valence-corrected chi connectivity index (χ3v) is 5.76. The number of hydrogen-bond donors (Lipinski definition) is 3. The van der Waals surface area contributed by atoms with Crippen molar-refractivity contribution in [2.45, 2.75) is 37.5 Å². The van der Waals surface area contributed by atoms with Crippen LogP contribution in [0, 0.1) is 0 Å². The molecule has 0 bridgehead atoms. The van der Waals surface area contributed by atoms with E-state index in [-0.39, 0.29) is 18.2 Å². The number of nitrogens with zero attached hydrogens (tertiary/aromatic N) is 3. The maximum absolute atomic E-state index is 13.6. The Hall–Kier alpha value is -3.59. The largest absolute Gasteiger partial charge is 0.454 e. The Morgan fingerprint density at radius 3 is 2.77 bits per heavy atom. The number of tetrazole rings is 1. The van der Waals surface area contributed by atoms with Crippen molar-refractivity contribution < 1.29 is 19.4 Å². The van der Waals surface area contributed by atoms with E-state index in [0.717, 1.165) is 5.56 Å². The summed E-state index contributed by atoms with van der Waals surface area (Å²) in [5.74, 6) is -2.19. The number of aromatic amines is 1. The molecule has 1 amide bonds. The maximum Gasteiger partial charge on any atom is 0.271 e.